The van der Waals surface area contributed by atoms with Crippen LogP contribution in [0, 0.1) is 0 Å². The molecule has 0 aliphatic rings. The molecule has 0 spiro atoms. The van der Waals surface area contributed by atoms with E-state index in [4.69, 9.17) is 0 Å². The first-order valence-corrected chi connectivity index (χ1v) is 7.28. The van der Waals surface area contributed by atoms with Crippen molar-refractivity contribution in [2.24, 2.45) is 0 Å². The van der Waals surface area contributed by atoms with Crippen LogP contribution in [-0.4, -0.2) is 17.9 Å². The van der Waals surface area contributed by atoms with E-state index < -0.39 is 0 Å². The minimum Gasteiger partial charge on any atom is -0.354 e. The van der Waals surface area contributed by atoms with Gasteiger partial charge in [0.05, 0.1) is 6.20 Å². The van der Waals surface area contributed by atoms with E-state index in [1.165, 1.54) is 11.3 Å². The summed E-state index contributed by atoms with van der Waals surface area (Å²) in [6.45, 7) is 0. The Hall–Kier alpha value is -0.980. The van der Waals surface area contributed by atoms with Crippen LogP contribution >= 0.6 is 38.6 Å². The highest BCUT2D eigenvalue weighted by atomic mass is 79.9. The third-order valence-electron chi connectivity index (χ3n) is 1.95. The number of aromatic nitrogens is 1. The maximum Gasteiger partial charge on any atom is 0.262 e. The molecule has 17 heavy (non-hydrogen) atoms. The molecular formula is C11H9BrN2OS2. The van der Waals surface area contributed by atoms with Gasteiger partial charge in [-0.25, -0.2) is 4.98 Å². The molecule has 1 N–H and O–H groups in total. The molecule has 2 aromatic heterocycles. The molecule has 3 nitrogen and oxygen atoms in total. The molecule has 0 saturated carbocycles. The Kier molecular flexibility index (Phi) is 4.09. The number of halogens is 1. The fourth-order valence-electron chi connectivity index (χ4n) is 1.16. The topological polar surface area (TPSA) is 42.0 Å². The molecule has 0 bridgehead atoms. The van der Waals surface area contributed by atoms with Crippen LogP contribution in [0.15, 0.2) is 22.1 Å². The van der Waals surface area contributed by atoms with Crippen LogP contribution in [0.25, 0.3) is 12.2 Å². The number of nitrogens with zero attached hydrogens (tertiary/aromatic N) is 1. The molecule has 0 aromatic carbocycles. The van der Waals surface area contributed by atoms with Gasteiger partial charge in [-0.2, -0.15) is 0 Å². The van der Waals surface area contributed by atoms with E-state index in [-0.39, 0.29) is 5.91 Å². The molecular weight excluding hydrogens is 320 g/mol. The molecule has 6 heteroatoms. The zero-order chi connectivity index (χ0) is 12.3. The summed E-state index contributed by atoms with van der Waals surface area (Å²) in [5.74, 6) is -0.0963. The van der Waals surface area contributed by atoms with E-state index in [1.807, 2.05) is 23.6 Å². The molecule has 0 aliphatic heterocycles. The highest BCUT2D eigenvalue weighted by molar-refractivity contribution is 9.10. The average Bonchev–Trinajstić information content (AvgIpc) is 2.94. The smallest absolute Gasteiger partial charge is 0.262 e. The summed E-state index contributed by atoms with van der Waals surface area (Å²) >= 11 is 6.43. The lowest BCUT2D eigenvalue weighted by Gasteiger charge is -1.90. The van der Waals surface area contributed by atoms with Gasteiger partial charge >= 0.3 is 0 Å². The molecule has 2 aromatic rings. The van der Waals surface area contributed by atoms with Crippen LogP contribution < -0.4 is 5.32 Å². The maximum atomic E-state index is 11.3. The molecule has 0 fully saturated rings. The van der Waals surface area contributed by atoms with E-state index >= 15 is 0 Å². The second-order valence-corrected chi connectivity index (χ2v) is 6.06. The SMILES string of the molecule is CNC(=O)c1cnc(/C=C\c2cc(Br)cs2)s1. The quantitative estimate of drug-likeness (QED) is 0.936. The predicted octanol–water partition coefficient (Wildman–Crippen LogP) is 3.50. The fraction of sp³-hybridized carbons (Fsp3) is 0.0909. The van der Waals surface area contributed by atoms with Gasteiger partial charge in [0.15, 0.2) is 0 Å². The van der Waals surface area contributed by atoms with Crippen molar-refractivity contribution in [3.8, 4) is 0 Å². The van der Waals surface area contributed by atoms with Gasteiger partial charge < -0.3 is 5.32 Å². The van der Waals surface area contributed by atoms with Crippen molar-refractivity contribution in [3.05, 3.63) is 36.9 Å². The minimum atomic E-state index is -0.0963. The summed E-state index contributed by atoms with van der Waals surface area (Å²) in [6, 6.07) is 2.04. The highest BCUT2D eigenvalue weighted by Crippen LogP contribution is 2.22. The number of thiophene rings is 1. The first kappa shape index (κ1) is 12.5. The molecule has 0 atom stereocenters. The van der Waals surface area contributed by atoms with Gasteiger partial charge in [0.2, 0.25) is 0 Å². The van der Waals surface area contributed by atoms with Crippen molar-refractivity contribution in [2.45, 2.75) is 0 Å². The van der Waals surface area contributed by atoms with Crippen LogP contribution in [0.3, 0.4) is 0 Å². The highest BCUT2D eigenvalue weighted by Gasteiger charge is 2.06. The van der Waals surface area contributed by atoms with Crippen LogP contribution in [0.2, 0.25) is 0 Å². The van der Waals surface area contributed by atoms with Gasteiger partial charge in [-0.3, -0.25) is 4.79 Å². The standard InChI is InChI=1S/C11H9BrN2OS2/c1-13-11(15)9-5-14-10(17-9)3-2-8-4-7(12)6-16-8/h2-6H,1H3,(H,13,15)/b3-2-. The number of rotatable bonds is 3. The molecule has 0 unspecified atom stereocenters. The Bertz CT molecular complexity index is 559. The molecule has 1 amide bonds. The second kappa shape index (κ2) is 5.57. The maximum absolute atomic E-state index is 11.3. The Morgan fingerprint density at radius 1 is 1.53 bits per heavy atom. The summed E-state index contributed by atoms with van der Waals surface area (Å²) in [5, 5.41) is 5.43. The van der Waals surface area contributed by atoms with Crippen LogP contribution in [0.4, 0.5) is 0 Å². The Morgan fingerprint density at radius 2 is 2.35 bits per heavy atom. The molecule has 0 aliphatic carbocycles. The number of amides is 1. The molecule has 0 saturated heterocycles. The van der Waals surface area contributed by atoms with Gasteiger partial charge in [0, 0.05) is 21.8 Å². The zero-order valence-corrected chi connectivity index (χ0v) is 12.2. The van der Waals surface area contributed by atoms with E-state index in [9.17, 15) is 4.79 Å². The summed E-state index contributed by atoms with van der Waals surface area (Å²) in [5.41, 5.74) is 0. The number of carbonyl (C=O) groups is 1. The van der Waals surface area contributed by atoms with Crippen molar-refractivity contribution in [1.82, 2.24) is 10.3 Å². The predicted molar refractivity (Wildman–Crippen MR) is 76.5 cm³/mol. The van der Waals surface area contributed by atoms with Gasteiger partial charge in [-0.1, -0.05) is 0 Å². The molecule has 2 heterocycles. The number of hydrogen-bond donors (Lipinski definition) is 1. The van der Waals surface area contributed by atoms with Crippen LogP contribution in [0.1, 0.15) is 19.6 Å². The van der Waals surface area contributed by atoms with Crippen molar-refractivity contribution < 1.29 is 4.79 Å². The summed E-state index contributed by atoms with van der Waals surface area (Å²) in [4.78, 5) is 17.3. The molecule has 2 rings (SSSR count). The number of carbonyl (C=O) groups excluding carboxylic acids is 1. The zero-order valence-electron chi connectivity index (χ0n) is 8.94. The summed E-state index contributed by atoms with van der Waals surface area (Å²) in [7, 11) is 1.61. The van der Waals surface area contributed by atoms with Gasteiger partial charge in [0.25, 0.3) is 5.91 Å². The number of thiazole rings is 1. The third-order valence-corrected chi connectivity index (χ3v) is 4.57. The minimum absolute atomic E-state index is 0.0963. The van der Waals surface area contributed by atoms with Crippen LogP contribution in [0.5, 0.6) is 0 Å². The molecule has 0 radical (unpaired) electrons. The lowest BCUT2D eigenvalue weighted by Crippen LogP contribution is -2.16. The lowest BCUT2D eigenvalue weighted by atomic mass is 10.4. The Labute approximate surface area is 115 Å². The van der Waals surface area contributed by atoms with Crippen molar-refractivity contribution >= 4 is 56.7 Å². The number of nitrogens with one attached hydrogen (secondary N) is 1. The normalized spacial score (nSPS) is 10.9. The first-order valence-electron chi connectivity index (χ1n) is 4.79. The summed E-state index contributed by atoms with van der Waals surface area (Å²) < 4.78 is 1.08. The van der Waals surface area contributed by atoms with Gasteiger partial charge in [-0.15, -0.1) is 22.7 Å². The first-order chi connectivity index (χ1) is 8.19. The van der Waals surface area contributed by atoms with Crippen molar-refractivity contribution in [3.63, 3.8) is 0 Å². The third kappa shape index (κ3) is 3.24. The van der Waals surface area contributed by atoms with E-state index in [1.54, 1.807) is 24.6 Å². The largest absolute Gasteiger partial charge is 0.354 e. The fourth-order valence-corrected chi connectivity index (χ4v) is 3.27. The van der Waals surface area contributed by atoms with Crippen molar-refractivity contribution in [2.75, 3.05) is 7.05 Å². The van der Waals surface area contributed by atoms with E-state index in [0.717, 1.165) is 14.4 Å². The van der Waals surface area contributed by atoms with E-state index in [0.29, 0.717) is 4.88 Å². The Morgan fingerprint density at radius 3 is 3.00 bits per heavy atom. The number of hydrogen-bond acceptors (Lipinski definition) is 4. The Balaban J connectivity index is 2.11. The van der Waals surface area contributed by atoms with Crippen molar-refractivity contribution in [1.29, 1.82) is 0 Å². The van der Waals surface area contributed by atoms with E-state index in [2.05, 4.69) is 26.2 Å². The van der Waals surface area contributed by atoms with Gasteiger partial charge in [-0.05, 0) is 34.1 Å². The molecule has 88 valence electrons. The average molecular weight is 329 g/mol. The second-order valence-electron chi connectivity index (χ2n) is 3.14. The van der Waals surface area contributed by atoms with Crippen LogP contribution in [-0.2, 0) is 0 Å². The monoisotopic (exact) mass is 328 g/mol. The summed E-state index contributed by atoms with van der Waals surface area (Å²) in [6.07, 6.45) is 5.49. The lowest BCUT2D eigenvalue weighted by molar-refractivity contribution is 0.0967. The van der Waals surface area contributed by atoms with Gasteiger partial charge in [0.1, 0.15) is 9.88 Å².